The van der Waals surface area contributed by atoms with Crippen LogP contribution in [0.25, 0.3) is 10.6 Å². The molecule has 4 nitrogen and oxygen atoms in total. The Balaban J connectivity index is 1.63. The maximum Gasteiger partial charge on any atom is 0.147 e. The van der Waals surface area contributed by atoms with Crippen LogP contribution in [0.15, 0.2) is 46.9 Å². The number of nitrogens with one attached hydrogen (secondary N) is 1. The quantitative estimate of drug-likeness (QED) is 0.775. The van der Waals surface area contributed by atoms with Crippen LogP contribution in [0.1, 0.15) is 29.5 Å². The smallest absolute Gasteiger partial charge is 0.147 e. The Hall–Kier alpha value is -1.98. The van der Waals surface area contributed by atoms with Crippen molar-refractivity contribution in [3.63, 3.8) is 0 Å². The van der Waals surface area contributed by atoms with Crippen molar-refractivity contribution in [1.82, 2.24) is 15.5 Å². The minimum absolute atomic E-state index is 0.155. The van der Waals surface area contributed by atoms with Crippen molar-refractivity contribution in [2.75, 3.05) is 0 Å². The number of furan rings is 1. The number of aromatic nitrogens is 2. The number of hydrogen-bond donors (Lipinski definition) is 1. The van der Waals surface area contributed by atoms with E-state index in [-0.39, 0.29) is 6.04 Å². The highest BCUT2D eigenvalue weighted by molar-refractivity contribution is 7.14. The highest BCUT2D eigenvalue weighted by Gasteiger charge is 2.11. The molecular formula is C16H17N3OS. The molecular weight excluding hydrogens is 282 g/mol. The van der Waals surface area contributed by atoms with Gasteiger partial charge in [0.15, 0.2) is 0 Å². The van der Waals surface area contributed by atoms with Gasteiger partial charge in [0.05, 0.1) is 12.6 Å². The number of nitrogens with zero attached hydrogens (tertiary/aromatic N) is 2. The van der Waals surface area contributed by atoms with Gasteiger partial charge in [-0.2, -0.15) is 0 Å². The van der Waals surface area contributed by atoms with Gasteiger partial charge in [-0.05, 0) is 26.0 Å². The molecule has 0 amide bonds. The van der Waals surface area contributed by atoms with E-state index >= 15 is 0 Å². The average Bonchev–Trinajstić information content (AvgIpc) is 3.15. The molecule has 0 unspecified atom stereocenters. The van der Waals surface area contributed by atoms with Crippen LogP contribution in [-0.4, -0.2) is 10.2 Å². The first kappa shape index (κ1) is 14.0. The fraction of sp³-hybridized carbons (Fsp3) is 0.250. The van der Waals surface area contributed by atoms with Gasteiger partial charge in [0.2, 0.25) is 0 Å². The van der Waals surface area contributed by atoms with E-state index in [0.29, 0.717) is 6.54 Å². The SMILES string of the molecule is Cc1ccc([C@@H](C)NCc2nnc(-c3ccccc3)s2)o1. The minimum atomic E-state index is 0.155. The number of rotatable bonds is 5. The van der Waals surface area contributed by atoms with E-state index in [4.69, 9.17) is 4.42 Å². The van der Waals surface area contributed by atoms with Crippen LogP contribution < -0.4 is 5.32 Å². The third-order valence-corrected chi connectivity index (χ3v) is 4.21. The van der Waals surface area contributed by atoms with E-state index in [0.717, 1.165) is 27.1 Å². The topological polar surface area (TPSA) is 51.0 Å². The maximum absolute atomic E-state index is 5.61. The van der Waals surface area contributed by atoms with Crippen LogP contribution in [0, 0.1) is 6.92 Å². The van der Waals surface area contributed by atoms with Gasteiger partial charge < -0.3 is 9.73 Å². The van der Waals surface area contributed by atoms with Gasteiger partial charge in [0.1, 0.15) is 21.5 Å². The molecule has 3 aromatic rings. The molecule has 0 aliphatic heterocycles. The van der Waals surface area contributed by atoms with Crippen LogP contribution >= 0.6 is 11.3 Å². The van der Waals surface area contributed by atoms with Gasteiger partial charge in [0, 0.05) is 5.56 Å². The molecule has 2 aromatic heterocycles. The average molecular weight is 299 g/mol. The van der Waals surface area contributed by atoms with Gasteiger partial charge in [-0.1, -0.05) is 41.7 Å². The molecule has 0 aliphatic rings. The first-order valence-electron chi connectivity index (χ1n) is 6.90. The van der Waals surface area contributed by atoms with Crippen molar-refractivity contribution in [1.29, 1.82) is 0 Å². The Bertz CT molecular complexity index is 705. The summed E-state index contributed by atoms with van der Waals surface area (Å²) in [7, 11) is 0. The molecule has 0 saturated heterocycles. The minimum Gasteiger partial charge on any atom is -0.465 e. The molecule has 1 N–H and O–H groups in total. The van der Waals surface area contributed by atoms with Crippen LogP contribution in [0.2, 0.25) is 0 Å². The fourth-order valence-electron chi connectivity index (χ4n) is 2.05. The Morgan fingerprint density at radius 1 is 1.14 bits per heavy atom. The molecule has 0 bridgehead atoms. The van der Waals surface area contributed by atoms with Crippen LogP contribution in [0.3, 0.4) is 0 Å². The summed E-state index contributed by atoms with van der Waals surface area (Å²) in [5.41, 5.74) is 1.11. The largest absolute Gasteiger partial charge is 0.465 e. The lowest BCUT2D eigenvalue weighted by atomic mass is 10.2. The van der Waals surface area contributed by atoms with Crippen molar-refractivity contribution in [2.45, 2.75) is 26.4 Å². The van der Waals surface area contributed by atoms with Gasteiger partial charge in [-0.15, -0.1) is 10.2 Å². The summed E-state index contributed by atoms with van der Waals surface area (Å²) in [6.45, 7) is 4.72. The summed E-state index contributed by atoms with van der Waals surface area (Å²) in [6, 6.07) is 14.3. The molecule has 1 aromatic carbocycles. The standard InChI is InChI=1S/C16H17N3OS/c1-11-8-9-14(20-11)12(2)17-10-15-18-19-16(21-15)13-6-4-3-5-7-13/h3-9,12,17H,10H2,1-2H3/t12-/m1/s1. The van der Waals surface area contributed by atoms with E-state index in [1.807, 2.05) is 49.4 Å². The molecule has 0 saturated carbocycles. The molecule has 5 heteroatoms. The van der Waals surface area contributed by atoms with Crippen LogP contribution in [0.5, 0.6) is 0 Å². The van der Waals surface area contributed by atoms with E-state index in [9.17, 15) is 0 Å². The summed E-state index contributed by atoms with van der Waals surface area (Å²) in [4.78, 5) is 0. The van der Waals surface area contributed by atoms with E-state index in [1.165, 1.54) is 0 Å². The first-order valence-corrected chi connectivity index (χ1v) is 7.71. The summed E-state index contributed by atoms with van der Waals surface area (Å²) < 4.78 is 5.61. The highest BCUT2D eigenvalue weighted by Crippen LogP contribution is 2.23. The molecule has 1 atom stereocenters. The van der Waals surface area contributed by atoms with Crippen molar-refractivity contribution in [2.24, 2.45) is 0 Å². The monoisotopic (exact) mass is 299 g/mol. The predicted molar refractivity (Wildman–Crippen MR) is 84.0 cm³/mol. The Morgan fingerprint density at radius 3 is 2.67 bits per heavy atom. The van der Waals surface area contributed by atoms with Crippen LogP contribution in [0.4, 0.5) is 0 Å². The van der Waals surface area contributed by atoms with E-state index in [2.05, 4.69) is 22.4 Å². The van der Waals surface area contributed by atoms with Crippen molar-refractivity contribution in [3.8, 4) is 10.6 Å². The Kier molecular flexibility index (Phi) is 4.13. The second-order valence-electron chi connectivity index (χ2n) is 4.92. The van der Waals surface area contributed by atoms with E-state index < -0.39 is 0 Å². The van der Waals surface area contributed by atoms with Gasteiger partial charge in [-0.3, -0.25) is 0 Å². The summed E-state index contributed by atoms with van der Waals surface area (Å²) in [5, 5.41) is 13.8. The van der Waals surface area contributed by atoms with Crippen molar-refractivity contribution in [3.05, 3.63) is 59.0 Å². The summed E-state index contributed by atoms with van der Waals surface area (Å²) >= 11 is 1.61. The lowest BCUT2D eigenvalue weighted by Gasteiger charge is -2.09. The lowest BCUT2D eigenvalue weighted by molar-refractivity contribution is 0.415. The van der Waals surface area contributed by atoms with Crippen molar-refractivity contribution >= 4 is 11.3 Å². The zero-order valence-corrected chi connectivity index (χ0v) is 12.9. The zero-order valence-electron chi connectivity index (χ0n) is 12.0. The predicted octanol–water partition coefficient (Wildman–Crippen LogP) is 3.96. The molecule has 0 radical (unpaired) electrons. The zero-order chi connectivity index (χ0) is 14.7. The number of aryl methyl sites for hydroxylation is 1. The fourth-order valence-corrected chi connectivity index (χ4v) is 2.85. The van der Waals surface area contributed by atoms with Gasteiger partial charge >= 0.3 is 0 Å². The highest BCUT2D eigenvalue weighted by atomic mass is 32.1. The molecule has 2 heterocycles. The Morgan fingerprint density at radius 2 is 1.95 bits per heavy atom. The molecule has 21 heavy (non-hydrogen) atoms. The lowest BCUT2D eigenvalue weighted by Crippen LogP contribution is -2.17. The molecule has 0 aliphatic carbocycles. The van der Waals surface area contributed by atoms with Crippen LogP contribution in [-0.2, 0) is 6.54 Å². The third kappa shape index (κ3) is 3.37. The van der Waals surface area contributed by atoms with E-state index in [1.54, 1.807) is 11.3 Å². The van der Waals surface area contributed by atoms with Gasteiger partial charge in [-0.25, -0.2) is 0 Å². The third-order valence-electron chi connectivity index (χ3n) is 3.23. The maximum atomic E-state index is 5.61. The second-order valence-corrected chi connectivity index (χ2v) is 5.98. The number of hydrogen-bond acceptors (Lipinski definition) is 5. The molecule has 108 valence electrons. The molecule has 0 spiro atoms. The first-order chi connectivity index (χ1) is 10.2. The van der Waals surface area contributed by atoms with Gasteiger partial charge in [0.25, 0.3) is 0 Å². The second kappa shape index (κ2) is 6.20. The normalized spacial score (nSPS) is 12.5. The summed E-state index contributed by atoms with van der Waals surface area (Å²) in [5.74, 6) is 1.88. The molecule has 0 fully saturated rings. The summed E-state index contributed by atoms with van der Waals surface area (Å²) in [6.07, 6.45) is 0. The number of benzene rings is 1. The van der Waals surface area contributed by atoms with Crippen molar-refractivity contribution < 1.29 is 4.42 Å². The Labute approximate surface area is 127 Å². The molecule has 3 rings (SSSR count).